The summed E-state index contributed by atoms with van der Waals surface area (Å²) in [4.78, 5) is 17.8. The van der Waals surface area contributed by atoms with Crippen LogP contribution in [-0.2, 0) is 0 Å². The maximum atomic E-state index is 13.0. The van der Waals surface area contributed by atoms with Gasteiger partial charge in [-0.05, 0) is 79.1 Å². The zero-order chi connectivity index (χ0) is 25.1. The van der Waals surface area contributed by atoms with Crippen molar-refractivity contribution in [3.63, 3.8) is 0 Å². The number of ether oxygens (including phenoxy) is 3. The van der Waals surface area contributed by atoms with Crippen LogP contribution in [0.15, 0.2) is 60.7 Å². The molecule has 2 aliphatic heterocycles. The molecule has 3 aromatic rings. The van der Waals surface area contributed by atoms with Crippen molar-refractivity contribution in [1.82, 2.24) is 10.2 Å². The summed E-state index contributed by atoms with van der Waals surface area (Å²) in [5.74, 6) is 2.33. The van der Waals surface area contributed by atoms with Gasteiger partial charge in [0.25, 0.3) is 5.91 Å². The van der Waals surface area contributed by atoms with E-state index in [0.717, 1.165) is 54.6 Å². The molecule has 2 aliphatic rings. The van der Waals surface area contributed by atoms with Gasteiger partial charge in [0.05, 0.1) is 13.2 Å². The number of benzene rings is 3. The van der Waals surface area contributed by atoms with Gasteiger partial charge in [0.15, 0.2) is 11.5 Å². The van der Waals surface area contributed by atoms with Gasteiger partial charge >= 0.3 is 0 Å². The van der Waals surface area contributed by atoms with Gasteiger partial charge in [-0.2, -0.15) is 0 Å². The van der Waals surface area contributed by atoms with Crippen LogP contribution in [0.3, 0.4) is 0 Å². The fourth-order valence-corrected chi connectivity index (χ4v) is 4.84. The highest BCUT2D eigenvalue weighted by Crippen LogP contribution is 2.36. The van der Waals surface area contributed by atoms with Crippen LogP contribution in [0.25, 0.3) is 0 Å². The second-order valence-corrected chi connectivity index (χ2v) is 9.36. The third-order valence-electron chi connectivity index (χ3n) is 7.20. The number of nitrogens with one attached hydrogen (secondary N) is 1. The Hall–Kier alpha value is -3.71. The highest BCUT2D eigenvalue weighted by Gasteiger charge is 2.27. The van der Waals surface area contributed by atoms with Crippen LogP contribution in [0.5, 0.6) is 17.2 Å². The molecule has 188 valence electrons. The molecule has 7 nitrogen and oxygen atoms in total. The first-order valence-electron chi connectivity index (χ1n) is 12.4. The van der Waals surface area contributed by atoms with Crippen LogP contribution >= 0.6 is 0 Å². The molecule has 7 heteroatoms. The lowest BCUT2D eigenvalue weighted by Crippen LogP contribution is -2.50. The Morgan fingerprint density at radius 3 is 2.39 bits per heavy atom. The molecule has 5 rings (SSSR count). The number of carbonyl (C=O) groups excluding carboxylic acids is 1. The Balaban J connectivity index is 1.31. The maximum absolute atomic E-state index is 13.0. The number of rotatable bonds is 7. The molecule has 0 bridgehead atoms. The molecule has 36 heavy (non-hydrogen) atoms. The number of hydrogen-bond acceptors (Lipinski definition) is 6. The third-order valence-corrected chi connectivity index (χ3v) is 7.20. The minimum Gasteiger partial charge on any atom is -0.497 e. The van der Waals surface area contributed by atoms with Crippen LogP contribution in [-0.4, -0.2) is 57.4 Å². The van der Waals surface area contributed by atoms with Gasteiger partial charge in [0, 0.05) is 44.0 Å². The van der Waals surface area contributed by atoms with Gasteiger partial charge in [0.2, 0.25) is 6.79 Å². The van der Waals surface area contributed by atoms with Crippen molar-refractivity contribution in [2.24, 2.45) is 0 Å². The molecule has 1 unspecified atom stereocenters. The molecule has 0 saturated carbocycles. The fraction of sp³-hybridized carbons (Fsp3) is 0.345. The monoisotopic (exact) mass is 487 g/mol. The first-order chi connectivity index (χ1) is 17.5. The lowest BCUT2D eigenvalue weighted by molar-refractivity contribution is 0.0930. The second kappa shape index (κ2) is 10.5. The van der Waals surface area contributed by atoms with Crippen LogP contribution in [0, 0.1) is 13.8 Å². The van der Waals surface area contributed by atoms with E-state index in [9.17, 15) is 4.79 Å². The average Bonchev–Trinajstić information content (AvgIpc) is 3.39. The number of carbonyl (C=O) groups is 1. The van der Waals surface area contributed by atoms with Crippen molar-refractivity contribution >= 4 is 11.6 Å². The number of hydrogen-bond donors (Lipinski definition) is 1. The minimum atomic E-state index is -0.0549. The third kappa shape index (κ3) is 5.11. The zero-order valence-electron chi connectivity index (χ0n) is 21.1. The van der Waals surface area contributed by atoms with E-state index in [2.05, 4.69) is 40.2 Å². The van der Waals surface area contributed by atoms with E-state index in [1.54, 1.807) is 7.11 Å². The second-order valence-electron chi connectivity index (χ2n) is 9.36. The maximum Gasteiger partial charge on any atom is 0.251 e. The SMILES string of the molecule is COc1ccc(N2CCN(C(CNC(=O)c3ccc(C)c(C)c3)c3ccc4c(c3)OCO4)CC2)cc1. The Morgan fingerprint density at radius 2 is 1.67 bits per heavy atom. The van der Waals surface area contributed by atoms with Crippen LogP contribution in [0.4, 0.5) is 5.69 Å². The molecule has 1 N–H and O–H groups in total. The average molecular weight is 488 g/mol. The van der Waals surface area contributed by atoms with E-state index in [-0.39, 0.29) is 18.7 Å². The van der Waals surface area contributed by atoms with Gasteiger partial charge < -0.3 is 24.4 Å². The first-order valence-corrected chi connectivity index (χ1v) is 12.4. The summed E-state index contributed by atoms with van der Waals surface area (Å²) < 4.78 is 16.5. The van der Waals surface area contributed by atoms with Gasteiger partial charge in [-0.3, -0.25) is 9.69 Å². The van der Waals surface area contributed by atoms with Gasteiger partial charge in [-0.15, -0.1) is 0 Å². The predicted molar refractivity (Wildman–Crippen MR) is 140 cm³/mol. The summed E-state index contributed by atoms with van der Waals surface area (Å²) >= 11 is 0. The smallest absolute Gasteiger partial charge is 0.251 e. The number of anilines is 1. The van der Waals surface area contributed by atoms with Gasteiger partial charge in [-0.1, -0.05) is 12.1 Å². The number of fused-ring (bicyclic) bond motifs is 1. The molecule has 1 amide bonds. The van der Waals surface area contributed by atoms with Crippen molar-refractivity contribution in [1.29, 1.82) is 0 Å². The van der Waals surface area contributed by atoms with E-state index in [4.69, 9.17) is 14.2 Å². The zero-order valence-corrected chi connectivity index (χ0v) is 21.1. The lowest BCUT2D eigenvalue weighted by Gasteiger charge is -2.40. The van der Waals surface area contributed by atoms with Crippen LogP contribution < -0.4 is 24.4 Å². The standard InChI is InChI=1S/C29H33N3O4/c1-20-4-5-23(16-21(20)2)29(33)30-18-26(22-6-11-27-28(17-22)36-19-35-27)32-14-12-31(13-15-32)24-7-9-25(34-3)10-8-24/h4-11,16-17,26H,12-15,18-19H2,1-3H3,(H,30,33). The van der Waals surface area contributed by atoms with Crippen LogP contribution in [0.1, 0.15) is 33.1 Å². The predicted octanol–water partition coefficient (Wildman–Crippen LogP) is 4.33. The molecule has 1 saturated heterocycles. The molecular formula is C29H33N3O4. The molecule has 3 aromatic carbocycles. The number of nitrogens with zero attached hydrogens (tertiary/aromatic N) is 2. The highest BCUT2D eigenvalue weighted by molar-refractivity contribution is 5.94. The Morgan fingerprint density at radius 1 is 0.917 bits per heavy atom. The number of amides is 1. The van der Waals surface area contributed by atoms with Crippen molar-refractivity contribution in [3.8, 4) is 17.2 Å². The van der Waals surface area contributed by atoms with Gasteiger partial charge in [0.1, 0.15) is 5.75 Å². The summed E-state index contributed by atoms with van der Waals surface area (Å²) in [7, 11) is 1.68. The molecule has 2 heterocycles. The molecule has 0 spiro atoms. The number of piperazine rings is 1. The quantitative estimate of drug-likeness (QED) is 0.535. The van der Waals surface area contributed by atoms with E-state index >= 15 is 0 Å². The minimum absolute atomic E-state index is 0.0213. The summed E-state index contributed by atoms with van der Waals surface area (Å²) in [6, 6.07) is 20.2. The van der Waals surface area contributed by atoms with E-state index in [0.29, 0.717) is 12.1 Å². The fourth-order valence-electron chi connectivity index (χ4n) is 4.84. The van der Waals surface area contributed by atoms with E-state index < -0.39 is 0 Å². The molecule has 1 fully saturated rings. The summed E-state index contributed by atoms with van der Waals surface area (Å²) in [6.07, 6.45) is 0. The Bertz CT molecular complexity index is 1220. The lowest BCUT2D eigenvalue weighted by atomic mass is 10.0. The van der Waals surface area contributed by atoms with Crippen molar-refractivity contribution < 1.29 is 19.0 Å². The van der Waals surface area contributed by atoms with E-state index in [1.165, 1.54) is 11.3 Å². The van der Waals surface area contributed by atoms with Crippen LogP contribution in [0.2, 0.25) is 0 Å². The Kier molecular flexibility index (Phi) is 7.00. The van der Waals surface area contributed by atoms with Crippen molar-refractivity contribution in [3.05, 3.63) is 82.9 Å². The topological polar surface area (TPSA) is 63.3 Å². The number of aryl methyl sites for hydroxylation is 2. The highest BCUT2D eigenvalue weighted by atomic mass is 16.7. The Labute approximate surface area is 212 Å². The summed E-state index contributed by atoms with van der Waals surface area (Å²) in [5, 5.41) is 3.18. The largest absolute Gasteiger partial charge is 0.497 e. The molecule has 0 radical (unpaired) electrons. The van der Waals surface area contributed by atoms with E-state index in [1.807, 2.05) is 49.4 Å². The molecule has 1 atom stereocenters. The van der Waals surface area contributed by atoms with Crippen molar-refractivity contribution in [2.45, 2.75) is 19.9 Å². The summed E-state index contributed by atoms with van der Waals surface area (Å²) in [5.41, 5.74) is 5.28. The van der Waals surface area contributed by atoms with Gasteiger partial charge in [-0.25, -0.2) is 0 Å². The molecule has 0 aliphatic carbocycles. The first kappa shape index (κ1) is 24.0. The summed E-state index contributed by atoms with van der Waals surface area (Å²) in [6.45, 7) is 8.40. The normalized spacial score (nSPS) is 16.0. The number of methoxy groups -OCH3 is 1. The van der Waals surface area contributed by atoms with Crippen molar-refractivity contribution in [2.75, 3.05) is 51.5 Å². The molecule has 0 aromatic heterocycles. The molecular weight excluding hydrogens is 454 g/mol.